The lowest BCUT2D eigenvalue weighted by Gasteiger charge is -2.39. The molecule has 0 aliphatic carbocycles. The van der Waals surface area contributed by atoms with Crippen LogP contribution in [-0.4, -0.2) is 25.1 Å². The van der Waals surface area contributed by atoms with E-state index >= 15 is 0 Å². The minimum atomic E-state index is -0.582. The van der Waals surface area contributed by atoms with Gasteiger partial charge in [0.15, 0.2) is 5.78 Å². The van der Waals surface area contributed by atoms with Crippen LogP contribution in [0.2, 0.25) is 0 Å². The maximum atomic E-state index is 12.7. The van der Waals surface area contributed by atoms with Crippen LogP contribution >= 0.6 is 11.8 Å². The number of para-hydroxylation sites is 1. The summed E-state index contributed by atoms with van der Waals surface area (Å²) >= 11 is 1.39. The highest BCUT2D eigenvalue weighted by molar-refractivity contribution is 8.02. The van der Waals surface area contributed by atoms with Crippen LogP contribution in [0.15, 0.2) is 71.3 Å². The largest absolute Gasteiger partial charge is 0.465 e. The number of Topliss-reactive ketones (excluding diaryl/α,β-unsaturated/α-hetero) is 1. The second kappa shape index (κ2) is 7.57. The number of methoxy groups -OCH3 is 1. The fourth-order valence-electron chi connectivity index (χ4n) is 3.08. The predicted molar refractivity (Wildman–Crippen MR) is 100 cm³/mol. The molecule has 0 unspecified atom stereocenters. The standard InChI is InChI=1S/C20H19NO3S/c1-24-20(23)18-17(22)13-16(14-9-5-3-6-10-14)21(19(18)25-2)15-11-7-4-8-12-15/h3-12,16H,13H2,1-2H3/t16-/m1/s1. The summed E-state index contributed by atoms with van der Waals surface area (Å²) in [5.41, 5.74) is 2.11. The lowest BCUT2D eigenvalue weighted by molar-refractivity contribution is -0.138. The molecule has 128 valence electrons. The van der Waals surface area contributed by atoms with Gasteiger partial charge in [0.1, 0.15) is 5.57 Å². The third-order valence-corrected chi connectivity index (χ3v) is 4.99. The van der Waals surface area contributed by atoms with Crippen molar-refractivity contribution >= 4 is 29.2 Å². The molecule has 0 fully saturated rings. The normalized spacial score (nSPS) is 17.6. The monoisotopic (exact) mass is 353 g/mol. The Morgan fingerprint density at radius 3 is 2.24 bits per heavy atom. The number of benzene rings is 2. The van der Waals surface area contributed by atoms with Crippen LogP contribution in [0.25, 0.3) is 0 Å². The fourth-order valence-corrected chi connectivity index (χ4v) is 3.91. The summed E-state index contributed by atoms with van der Waals surface area (Å²) in [7, 11) is 1.30. The van der Waals surface area contributed by atoms with Crippen molar-refractivity contribution in [3.05, 3.63) is 76.8 Å². The quantitative estimate of drug-likeness (QED) is 0.615. The molecule has 3 rings (SSSR count). The van der Waals surface area contributed by atoms with Gasteiger partial charge in [0, 0.05) is 12.1 Å². The fraction of sp³-hybridized carbons (Fsp3) is 0.200. The number of anilines is 1. The average Bonchev–Trinajstić information content (AvgIpc) is 2.67. The van der Waals surface area contributed by atoms with Gasteiger partial charge in [0.25, 0.3) is 0 Å². The van der Waals surface area contributed by atoms with Crippen molar-refractivity contribution in [2.24, 2.45) is 0 Å². The number of carbonyl (C=O) groups excluding carboxylic acids is 2. The topological polar surface area (TPSA) is 46.6 Å². The van der Waals surface area contributed by atoms with Gasteiger partial charge in [0.2, 0.25) is 0 Å². The third-order valence-electron chi connectivity index (χ3n) is 4.20. The minimum Gasteiger partial charge on any atom is -0.465 e. The first kappa shape index (κ1) is 17.3. The Labute approximate surface area is 151 Å². The molecule has 1 atom stereocenters. The van der Waals surface area contributed by atoms with Crippen molar-refractivity contribution in [2.45, 2.75) is 12.5 Å². The van der Waals surface area contributed by atoms with Crippen molar-refractivity contribution in [2.75, 3.05) is 18.3 Å². The zero-order valence-corrected chi connectivity index (χ0v) is 15.0. The van der Waals surface area contributed by atoms with Crippen LogP contribution in [0.4, 0.5) is 5.69 Å². The van der Waals surface area contributed by atoms with Gasteiger partial charge in [-0.25, -0.2) is 4.79 Å². The van der Waals surface area contributed by atoms with Crippen LogP contribution in [0.5, 0.6) is 0 Å². The number of hydrogen-bond donors (Lipinski definition) is 0. The van der Waals surface area contributed by atoms with E-state index < -0.39 is 5.97 Å². The van der Waals surface area contributed by atoms with E-state index in [1.54, 1.807) is 0 Å². The van der Waals surface area contributed by atoms with E-state index in [1.165, 1.54) is 18.9 Å². The van der Waals surface area contributed by atoms with Gasteiger partial charge in [-0.2, -0.15) is 0 Å². The maximum Gasteiger partial charge on any atom is 0.344 e. The molecule has 25 heavy (non-hydrogen) atoms. The Bertz CT molecular complexity index is 802. The molecule has 0 spiro atoms. The van der Waals surface area contributed by atoms with Crippen LogP contribution in [0.1, 0.15) is 18.0 Å². The Hall–Kier alpha value is -2.53. The second-order valence-corrected chi connectivity index (χ2v) is 6.43. The molecular formula is C20H19NO3S. The van der Waals surface area contributed by atoms with E-state index in [1.807, 2.05) is 66.9 Å². The van der Waals surface area contributed by atoms with Crippen molar-refractivity contribution in [3.8, 4) is 0 Å². The second-order valence-electron chi connectivity index (χ2n) is 5.64. The Kier molecular flexibility index (Phi) is 5.24. The van der Waals surface area contributed by atoms with Crippen LogP contribution in [-0.2, 0) is 14.3 Å². The summed E-state index contributed by atoms with van der Waals surface area (Å²) < 4.78 is 4.86. The molecule has 0 saturated heterocycles. The molecule has 4 nitrogen and oxygen atoms in total. The number of ketones is 1. The SMILES string of the molecule is COC(=O)C1=C(SC)N(c2ccccc2)[C@@H](c2ccccc2)CC1=O. The van der Waals surface area contributed by atoms with Gasteiger partial charge in [0.05, 0.1) is 18.2 Å². The Balaban J connectivity index is 2.20. The number of carbonyl (C=O) groups is 2. The number of thioether (sulfide) groups is 1. The Morgan fingerprint density at radius 1 is 1.08 bits per heavy atom. The van der Waals surface area contributed by atoms with E-state index in [2.05, 4.69) is 4.90 Å². The van der Waals surface area contributed by atoms with E-state index in [0.717, 1.165) is 11.3 Å². The molecule has 0 amide bonds. The van der Waals surface area contributed by atoms with E-state index in [4.69, 9.17) is 4.74 Å². The molecule has 1 heterocycles. The Morgan fingerprint density at radius 2 is 1.68 bits per heavy atom. The summed E-state index contributed by atoms with van der Waals surface area (Å²) in [5.74, 6) is -0.765. The van der Waals surface area contributed by atoms with Crippen molar-refractivity contribution in [1.29, 1.82) is 0 Å². The van der Waals surface area contributed by atoms with Gasteiger partial charge >= 0.3 is 5.97 Å². The highest BCUT2D eigenvalue weighted by atomic mass is 32.2. The summed E-state index contributed by atoms with van der Waals surface area (Å²) in [5, 5.41) is 0.628. The summed E-state index contributed by atoms with van der Waals surface area (Å²) in [6.45, 7) is 0. The van der Waals surface area contributed by atoms with Crippen LogP contribution in [0.3, 0.4) is 0 Å². The minimum absolute atomic E-state index is 0.131. The van der Waals surface area contributed by atoms with Gasteiger partial charge in [-0.15, -0.1) is 11.8 Å². The lowest BCUT2D eigenvalue weighted by Crippen LogP contribution is -2.37. The maximum absolute atomic E-state index is 12.7. The molecule has 1 aliphatic rings. The number of esters is 1. The molecule has 0 bridgehead atoms. The molecule has 2 aromatic carbocycles. The number of ether oxygens (including phenoxy) is 1. The molecule has 2 aromatic rings. The first-order chi connectivity index (χ1) is 12.2. The summed E-state index contributed by atoms with van der Waals surface area (Å²) in [6, 6.07) is 19.5. The predicted octanol–water partition coefficient (Wildman–Crippen LogP) is 3.95. The first-order valence-corrected chi connectivity index (χ1v) is 9.18. The summed E-state index contributed by atoms with van der Waals surface area (Å²) in [6.07, 6.45) is 2.10. The molecule has 0 radical (unpaired) electrons. The molecule has 1 aliphatic heterocycles. The van der Waals surface area contributed by atoms with Crippen molar-refractivity contribution in [3.63, 3.8) is 0 Å². The van der Waals surface area contributed by atoms with Gasteiger partial charge in [-0.3, -0.25) is 4.79 Å². The first-order valence-electron chi connectivity index (χ1n) is 7.96. The van der Waals surface area contributed by atoms with Crippen molar-refractivity contribution < 1.29 is 14.3 Å². The van der Waals surface area contributed by atoms with Crippen LogP contribution in [0, 0.1) is 0 Å². The zero-order chi connectivity index (χ0) is 17.8. The highest BCUT2D eigenvalue weighted by Gasteiger charge is 2.38. The average molecular weight is 353 g/mol. The van der Waals surface area contributed by atoms with Gasteiger partial charge in [-0.1, -0.05) is 48.5 Å². The van der Waals surface area contributed by atoms with E-state index in [0.29, 0.717) is 5.03 Å². The van der Waals surface area contributed by atoms with E-state index in [9.17, 15) is 9.59 Å². The molecular weight excluding hydrogens is 334 g/mol. The van der Waals surface area contributed by atoms with Gasteiger partial charge < -0.3 is 9.64 Å². The molecule has 0 N–H and O–H groups in total. The lowest BCUT2D eigenvalue weighted by atomic mass is 9.92. The number of nitrogens with zero attached hydrogens (tertiary/aromatic N) is 1. The van der Waals surface area contributed by atoms with Gasteiger partial charge in [-0.05, 0) is 24.0 Å². The summed E-state index contributed by atoms with van der Waals surface area (Å²) in [4.78, 5) is 27.0. The number of rotatable bonds is 4. The van der Waals surface area contributed by atoms with Crippen molar-refractivity contribution in [1.82, 2.24) is 0 Å². The molecule has 0 saturated carbocycles. The number of hydrogen-bond acceptors (Lipinski definition) is 5. The van der Waals surface area contributed by atoms with Crippen LogP contribution < -0.4 is 4.90 Å². The third kappa shape index (κ3) is 3.33. The highest BCUT2D eigenvalue weighted by Crippen LogP contribution is 2.42. The van der Waals surface area contributed by atoms with E-state index in [-0.39, 0.29) is 23.8 Å². The zero-order valence-electron chi connectivity index (χ0n) is 14.1. The molecule has 0 aromatic heterocycles. The molecule has 5 heteroatoms. The smallest absolute Gasteiger partial charge is 0.344 e.